The van der Waals surface area contributed by atoms with Crippen LogP contribution in [0.15, 0.2) is 35.0 Å². The van der Waals surface area contributed by atoms with Crippen LogP contribution >= 0.6 is 34.5 Å². The molecule has 0 saturated heterocycles. The Bertz CT molecular complexity index is 433. The first kappa shape index (κ1) is 11.0. The van der Waals surface area contributed by atoms with Crippen LogP contribution in [0.4, 0.5) is 0 Å². The fourth-order valence-electron chi connectivity index (χ4n) is 1.36. The van der Waals surface area contributed by atoms with Gasteiger partial charge in [-0.15, -0.1) is 0 Å². The normalized spacial score (nSPS) is 12.7. The van der Waals surface area contributed by atoms with Gasteiger partial charge in [0, 0.05) is 10.0 Å². The molecule has 0 aliphatic heterocycles. The molecule has 0 bridgehead atoms. The van der Waals surface area contributed by atoms with Crippen LogP contribution in [0.5, 0.6) is 0 Å². The van der Waals surface area contributed by atoms with E-state index < -0.39 is 6.10 Å². The number of benzene rings is 1. The van der Waals surface area contributed by atoms with E-state index in [0.29, 0.717) is 15.6 Å². The summed E-state index contributed by atoms with van der Waals surface area (Å²) in [6.07, 6.45) is -0.660. The van der Waals surface area contributed by atoms with E-state index in [9.17, 15) is 5.11 Å². The molecule has 4 heteroatoms. The zero-order chi connectivity index (χ0) is 10.8. The number of rotatable bonds is 2. The van der Waals surface area contributed by atoms with Crippen LogP contribution in [0.1, 0.15) is 17.2 Å². The van der Waals surface area contributed by atoms with E-state index in [0.717, 1.165) is 5.56 Å². The molecule has 15 heavy (non-hydrogen) atoms. The summed E-state index contributed by atoms with van der Waals surface area (Å²) in [5.74, 6) is 0. The third-order valence-electron chi connectivity index (χ3n) is 2.06. The van der Waals surface area contributed by atoms with Gasteiger partial charge in [0.05, 0.1) is 0 Å². The van der Waals surface area contributed by atoms with Crippen molar-refractivity contribution in [1.82, 2.24) is 0 Å². The molecule has 1 nitrogen and oxygen atoms in total. The molecular weight excluding hydrogens is 251 g/mol. The predicted octanol–water partition coefficient (Wildman–Crippen LogP) is 4.14. The zero-order valence-corrected chi connectivity index (χ0v) is 9.98. The van der Waals surface area contributed by atoms with Crippen LogP contribution in [0.25, 0.3) is 0 Å². The summed E-state index contributed by atoms with van der Waals surface area (Å²) in [7, 11) is 0. The molecule has 1 N–H and O–H groups in total. The van der Waals surface area contributed by atoms with Crippen molar-refractivity contribution in [3.63, 3.8) is 0 Å². The highest BCUT2D eigenvalue weighted by atomic mass is 35.5. The van der Waals surface area contributed by atoms with Crippen molar-refractivity contribution in [2.75, 3.05) is 0 Å². The Balaban J connectivity index is 2.37. The lowest BCUT2D eigenvalue weighted by molar-refractivity contribution is 0.221. The van der Waals surface area contributed by atoms with Crippen molar-refractivity contribution in [3.05, 3.63) is 56.2 Å². The SMILES string of the molecule is O[C@H](c1ccsc1)c1cc(Cl)cc(Cl)c1. The van der Waals surface area contributed by atoms with Gasteiger partial charge in [-0.3, -0.25) is 0 Å². The summed E-state index contributed by atoms with van der Waals surface area (Å²) in [6.45, 7) is 0. The van der Waals surface area contributed by atoms with E-state index in [4.69, 9.17) is 23.2 Å². The van der Waals surface area contributed by atoms with Crippen molar-refractivity contribution in [2.24, 2.45) is 0 Å². The predicted molar refractivity (Wildman–Crippen MR) is 64.8 cm³/mol. The lowest BCUT2D eigenvalue weighted by atomic mass is 10.0. The van der Waals surface area contributed by atoms with Gasteiger partial charge < -0.3 is 5.11 Å². The van der Waals surface area contributed by atoms with Gasteiger partial charge in [-0.05, 0) is 46.2 Å². The number of hydrogen-bond acceptors (Lipinski definition) is 2. The minimum atomic E-state index is -0.660. The summed E-state index contributed by atoms with van der Waals surface area (Å²) in [4.78, 5) is 0. The maximum atomic E-state index is 10.0. The molecule has 2 aromatic rings. The van der Waals surface area contributed by atoms with E-state index >= 15 is 0 Å². The Labute approximate surface area is 102 Å². The first-order chi connectivity index (χ1) is 7.16. The largest absolute Gasteiger partial charge is 0.384 e. The number of hydrogen-bond donors (Lipinski definition) is 1. The van der Waals surface area contributed by atoms with Crippen LogP contribution < -0.4 is 0 Å². The fourth-order valence-corrected chi connectivity index (χ4v) is 2.58. The molecule has 0 aliphatic carbocycles. The average Bonchev–Trinajstić information content (AvgIpc) is 2.67. The summed E-state index contributed by atoms with van der Waals surface area (Å²) < 4.78 is 0. The van der Waals surface area contributed by atoms with Crippen molar-refractivity contribution >= 4 is 34.5 Å². The Hall–Kier alpha value is -0.540. The standard InChI is InChI=1S/C11H8Cl2OS/c12-9-3-8(4-10(13)5-9)11(14)7-1-2-15-6-7/h1-6,11,14H/t11-/m1/s1. The van der Waals surface area contributed by atoms with Crippen LogP contribution in [-0.4, -0.2) is 5.11 Å². The van der Waals surface area contributed by atoms with Crippen LogP contribution in [-0.2, 0) is 0 Å². The fraction of sp³-hybridized carbons (Fsp3) is 0.0909. The van der Waals surface area contributed by atoms with E-state index in [1.807, 2.05) is 16.8 Å². The van der Waals surface area contributed by atoms with Crippen LogP contribution in [0, 0.1) is 0 Å². The van der Waals surface area contributed by atoms with Crippen molar-refractivity contribution in [2.45, 2.75) is 6.10 Å². The number of thiophene rings is 1. The molecule has 0 radical (unpaired) electrons. The average molecular weight is 259 g/mol. The molecule has 0 amide bonds. The maximum Gasteiger partial charge on any atom is 0.105 e. The monoisotopic (exact) mass is 258 g/mol. The minimum Gasteiger partial charge on any atom is -0.384 e. The van der Waals surface area contributed by atoms with Gasteiger partial charge in [0.2, 0.25) is 0 Å². The van der Waals surface area contributed by atoms with Crippen LogP contribution in [0.3, 0.4) is 0 Å². The molecule has 1 aromatic heterocycles. The summed E-state index contributed by atoms with van der Waals surface area (Å²) >= 11 is 13.3. The lowest BCUT2D eigenvalue weighted by Gasteiger charge is -2.10. The highest BCUT2D eigenvalue weighted by molar-refractivity contribution is 7.07. The molecular formula is C11H8Cl2OS. The molecule has 1 heterocycles. The van der Waals surface area contributed by atoms with E-state index in [-0.39, 0.29) is 0 Å². The topological polar surface area (TPSA) is 20.2 Å². The number of halogens is 2. The third-order valence-corrected chi connectivity index (χ3v) is 3.20. The Morgan fingerprint density at radius 2 is 1.73 bits per heavy atom. The highest BCUT2D eigenvalue weighted by Crippen LogP contribution is 2.28. The molecule has 0 spiro atoms. The molecule has 78 valence electrons. The van der Waals surface area contributed by atoms with Crippen molar-refractivity contribution < 1.29 is 5.11 Å². The maximum absolute atomic E-state index is 10.0. The first-order valence-electron chi connectivity index (χ1n) is 4.33. The van der Waals surface area contributed by atoms with E-state index in [1.165, 1.54) is 0 Å². The summed E-state index contributed by atoms with van der Waals surface area (Å²) in [5.41, 5.74) is 1.57. The molecule has 0 fully saturated rings. The van der Waals surface area contributed by atoms with Gasteiger partial charge in [0.25, 0.3) is 0 Å². The zero-order valence-electron chi connectivity index (χ0n) is 7.65. The van der Waals surface area contributed by atoms with E-state index in [1.54, 1.807) is 29.5 Å². The summed E-state index contributed by atoms with van der Waals surface area (Å²) in [5, 5.41) is 14.9. The lowest BCUT2D eigenvalue weighted by Crippen LogP contribution is -1.97. The highest BCUT2D eigenvalue weighted by Gasteiger charge is 2.11. The molecule has 0 unspecified atom stereocenters. The van der Waals surface area contributed by atoms with Gasteiger partial charge >= 0.3 is 0 Å². The van der Waals surface area contributed by atoms with Gasteiger partial charge in [0.15, 0.2) is 0 Å². The second kappa shape index (κ2) is 4.54. The van der Waals surface area contributed by atoms with Gasteiger partial charge in [0.1, 0.15) is 6.10 Å². The number of aliphatic hydroxyl groups is 1. The second-order valence-corrected chi connectivity index (χ2v) is 4.81. The minimum absolute atomic E-state index is 0.534. The smallest absolute Gasteiger partial charge is 0.105 e. The summed E-state index contributed by atoms with van der Waals surface area (Å²) in [6, 6.07) is 6.96. The molecule has 0 saturated carbocycles. The second-order valence-electron chi connectivity index (χ2n) is 3.16. The quantitative estimate of drug-likeness (QED) is 0.859. The Kier molecular flexibility index (Phi) is 3.32. The van der Waals surface area contributed by atoms with Gasteiger partial charge in [-0.25, -0.2) is 0 Å². The van der Waals surface area contributed by atoms with Crippen LogP contribution in [0.2, 0.25) is 10.0 Å². The third kappa shape index (κ3) is 2.52. The Morgan fingerprint density at radius 1 is 1.07 bits per heavy atom. The Morgan fingerprint density at radius 3 is 2.27 bits per heavy atom. The first-order valence-corrected chi connectivity index (χ1v) is 6.03. The van der Waals surface area contributed by atoms with Gasteiger partial charge in [-0.1, -0.05) is 23.2 Å². The molecule has 1 atom stereocenters. The molecule has 1 aromatic carbocycles. The van der Waals surface area contributed by atoms with Crippen molar-refractivity contribution in [3.8, 4) is 0 Å². The van der Waals surface area contributed by atoms with Gasteiger partial charge in [-0.2, -0.15) is 11.3 Å². The van der Waals surface area contributed by atoms with E-state index in [2.05, 4.69) is 0 Å². The number of aliphatic hydroxyl groups excluding tert-OH is 1. The van der Waals surface area contributed by atoms with Crippen molar-refractivity contribution in [1.29, 1.82) is 0 Å². The molecule has 2 rings (SSSR count). The molecule has 0 aliphatic rings.